The molecule has 8 heteroatoms. The molecule has 0 aliphatic heterocycles. The number of methoxy groups -OCH3 is 1. The number of pyridine rings is 1. The Morgan fingerprint density at radius 3 is 2.81 bits per heavy atom. The molecule has 0 unspecified atom stereocenters. The van der Waals surface area contributed by atoms with Crippen LogP contribution in [-0.4, -0.2) is 46.3 Å². The van der Waals surface area contributed by atoms with E-state index in [1.807, 2.05) is 0 Å². The second-order valence-electron chi connectivity index (χ2n) is 6.60. The number of aromatic carboxylic acids is 1. The van der Waals surface area contributed by atoms with Crippen molar-refractivity contribution in [2.24, 2.45) is 0 Å². The molecule has 1 saturated carbocycles. The number of carboxylic acids is 1. The summed E-state index contributed by atoms with van der Waals surface area (Å²) >= 11 is 0. The summed E-state index contributed by atoms with van der Waals surface area (Å²) in [6.07, 6.45) is 7.27. The van der Waals surface area contributed by atoms with Crippen LogP contribution in [0.15, 0.2) is 11.0 Å². The van der Waals surface area contributed by atoms with Crippen LogP contribution in [0, 0.1) is 0 Å². The number of hydrogen-bond acceptors (Lipinski definition) is 6. The fraction of sp³-hybridized carbons (Fsp3) is 0.556. The van der Waals surface area contributed by atoms with E-state index in [4.69, 9.17) is 4.74 Å². The summed E-state index contributed by atoms with van der Waals surface area (Å²) in [7, 11) is 1.65. The van der Waals surface area contributed by atoms with Gasteiger partial charge in [-0.15, -0.1) is 0 Å². The summed E-state index contributed by atoms with van der Waals surface area (Å²) in [6, 6.07) is 0. The average Bonchev–Trinajstić information content (AvgIpc) is 2.65. The average molecular weight is 360 g/mol. The first-order valence-electron chi connectivity index (χ1n) is 9.01. The van der Waals surface area contributed by atoms with Crippen molar-refractivity contribution in [2.45, 2.75) is 44.4 Å². The monoisotopic (exact) mass is 360 g/mol. The van der Waals surface area contributed by atoms with Gasteiger partial charge in [0.05, 0.1) is 11.1 Å². The topological polar surface area (TPSA) is 117 Å². The fourth-order valence-electron chi connectivity index (χ4n) is 3.47. The first kappa shape index (κ1) is 18.3. The van der Waals surface area contributed by atoms with Gasteiger partial charge in [-0.2, -0.15) is 4.98 Å². The third kappa shape index (κ3) is 3.85. The molecular formula is C18H24N4O4. The quantitative estimate of drug-likeness (QED) is 0.649. The Balaban J connectivity index is 2.05. The number of hydrogen-bond donors (Lipinski definition) is 3. The van der Waals surface area contributed by atoms with E-state index >= 15 is 0 Å². The van der Waals surface area contributed by atoms with E-state index in [9.17, 15) is 14.7 Å². The van der Waals surface area contributed by atoms with Crippen molar-refractivity contribution >= 4 is 23.0 Å². The third-order valence-electron chi connectivity index (χ3n) is 4.79. The number of rotatable bonds is 7. The predicted octanol–water partition coefficient (Wildman–Crippen LogP) is 2.51. The van der Waals surface area contributed by atoms with Gasteiger partial charge in [-0.1, -0.05) is 19.3 Å². The first-order chi connectivity index (χ1) is 12.6. The molecule has 0 saturated heterocycles. The number of ether oxygens (including phenoxy) is 1. The summed E-state index contributed by atoms with van der Waals surface area (Å²) in [5.74, 6) is -0.642. The summed E-state index contributed by atoms with van der Waals surface area (Å²) in [5.41, 5.74) is 0.245. The lowest BCUT2D eigenvalue weighted by Gasteiger charge is -2.22. The molecule has 8 nitrogen and oxygen atoms in total. The first-order valence-corrected chi connectivity index (χ1v) is 9.01. The molecule has 1 fully saturated rings. The molecule has 0 spiro atoms. The van der Waals surface area contributed by atoms with E-state index in [-0.39, 0.29) is 11.5 Å². The number of carbonyl (C=O) groups is 1. The minimum absolute atomic E-state index is 0.152. The second-order valence-corrected chi connectivity index (χ2v) is 6.60. The smallest absolute Gasteiger partial charge is 0.341 e. The van der Waals surface area contributed by atoms with E-state index in [0.29, 0.717) is 35.8 Å². The van der Waals surface area contributed by atoms with Gasteiger partial charge in [0.1, 0.15) is 11.2 Å². The van der Waals surface area contributed by atoms with E-state index in [2.05, 4.69) is 20.3 Å². The minimum Gasteiger partial charge on any atom is -0.477 e. The molecule has 0 bridgehead atoms. The van der Waals surface area contributed by atoms with Gasteiger partial charge in [0.15, 0.2) is 0 Å². The Hall–Kier alpha value is -2.48. The summed E-state index contributed by atoms with van der Waals surface area (Å²) in [6.45, 7) is 1.29. The van der Waals surface area contributed by atoms with Crippen molar-refractivity contribution in [2.75, 3.05) is 25.6 Å². The van der Waals surface area contributed by atoms with E-state index in [1.54, 1.807) is 7.11 Å². The number of aromatic nitrogens is 3. The van der Waals surface area contributed by atoms with E-state index in [1.165, 1.54) is 12.6 Å². The largest absolute Gasteiger partial charge is 0.477 e. The van der Waals surface area contributed by atoms with Crippen molar-refractivity contribution in [3.05, 3.63) is 27.7 Å². The number of carboxylic acid groups (broad SMARTS) is 1. The van der Waals surface area contributed by atoms with Crippen molar-refractivity contribution in [1.82, 2.24) is 15.0 Å². The molecule has 1 aliphatic carbocycles. The Kier molecular flexibility index (Phi) is 5.82. The lowest BCUT2D eigenvalue weighted by atomic mass is 9.85. The number of H-pyrrole nitrogens is 1. The minimum atomic E-state index is -1.25. The van der Waals surface area contributed by atoms with Gasteiger partial charge in [-0.25, -0.2) is 9.78 Å². The van der Waals surface area contributed by atoms with Crippen LogP contribution in [0.4, 0.5) is 5.95 Å². The molecule has 140 valence electrons. The molecule has 3 rings (SSSR count). The van der Waals surface area contributed by atoms with Crippen LogP contribution >= 0.6 is 0 Å². The number of aromatic amines is 1. The molecule has 0 amide bonds. The highest BCUT2D eigenvalue weighted by Crippen LogP contribution is 2.34. The highest BCUT2D eigenvalue weighted by molar-refractivity contribution is 5.92. The van der Waals surface area contributed by atoms with Crippen LogP contribution in [0.5, 0.6) is 0 Å². The lowest BCUT2D eigenvalue weighted by molar-refractivity contribution is 0.0695. The number of anilines is 1. The van der Waals surface area contributed by atoms with Gasteiger partial charge >= 0.3 is 5.97 Å². The van der Waals surface area contributed by atoms with Crippen molar-refractivity contribution in [3.8, 4) is 0 Å². The molecule has 0 radical (unpaired) electrons. The normalized spacial score (nSPS) is 15.3. The number of fused-ring (bicyclic) bond motifs is 1. The van der Waals surface area contributed by atoms with Gasteiger partial charge in [0.2, 0.25) is 11.4 Å². The zero-order valence-corrected chi connectivity index (χ0v) is 14.9. The summed E-state index contributed by atoms with van der Waals surface area (Å²) in [4.78, 5) is 35.9. The zero-order chi connectivity index (χ0) is 18.5. The van der Waals surface area contributed by atoms with Gasteiger partial charge in [0.25, 0.3) is 0 Å². The molecule has 26 heavy (non-hydrogen) atoms. The van der Waals surface area contributed by atoms with Gasteiger partial charge in [-0.3, -0.25) is 4.79 Å². The zero-order valence-electron chi connectivity index (χ0n) is 14.9. The maximum absolute atomic E-state index is 12.7. The van der Waals surface area contributed by atoms with Crippen molar-refractivity contribution in [3.63, 3.8) is 0 Å². The fourth-order valence-corrected chi connectivity index (χ4v) is 3.47. The van der Waals surface area contributed by atoms with Crippen LogP contribution in [0.1, 0.15) is 60.5 Å². The van der Waals surface area contributed by atoms with Crippen LogP contribution in [0.3, 0.4) is 0 Å². The maximum atomic E-state index is 12.7. The van der Waals surface area contributed by atoms with Gasteiger partial charge in [-0.05, 0) is 19.3 Å². The van der Waals surface area contributed by atoms with Crippen molar-refractivity contribution < 1.29 is 14.6 Å². The van der Waals surface area contributed by atoms with Gasteiger partial charge in [0, 0.05) is 32.4 Å². The standard InChI is InChI=1S/C18H24N4O4/c1-26-9-5-8-19-18-21-14(11-6-3-2-4-7-11)13-15(23)12(17(24)25)10-20-16(13)22-18/h10-11H,2-9H2,1H3,(H,24,25)(H2,19,20,21,22,23). The molecule has 1 aliphatic rings. The highest BCUT2D eigenvalue weighted by atomic mass is 16.5. The number of nitrogens with zero attached hydrogens (tertiary/aromatic N) is 2. The number of nitrogens with one attached hydrogen (secondary N) is 2. The van der Waals surface area contributed by atoms with Crippen LogP contribution < -0.4 is 10.7 Å². The lowest BCUT2D eigenvalue weighted by Crippen LogP contribution is -2.21. The van der Waals surface area contributed by atoms with E-state index < -0.39 is 11.4 Å². The van der Waals surface area contributed by atoms with Crippen molar-refractivity contribution in [1.29, 1.82) is 0 Å². The molecule has 2 aromatic rings. The molecule has 2 aromatic heterocycles. The van der Waals surface area contributed by atoms with Gasteiger partial charge < -0.3 is 20.1 Å². The third-order valence-corrected chi connectivity index (χ3v) is 4.79. The molecule has 2 heterocycles. The highest BCUT2D eigenvalue weighted by Gasteiger charge is 2.24. The Labute approximate surface area is 151 Å². The van der Waals surface area contributed by atoms with Crippen LogP contribution in [-0.2, 0) is 4.74 Å². The molecule has 3 N–H and O–H groups in total. The summed E-state index contributed by atoms with van der Waals surface area (Å²) < 4.78 is 5.04. The Bertz CT molecular complexity index is 843. The van der Waals surface area contributed by atoms with E-state index in [0.717, 1.165) is 32.1 Å². The second kappa shape index (κ2) is 8.27. The van der Waals surface area contributed by atoms with Crippen LogP contribution in [0.2, 0.25) is 0 Å². The maximum Gasteiger partial charge on any atom is 0.341 e. The Morgan fingerprint density at radius 1 is 1.35 bits per heavy atom. The molecule has 0 atom stereocenters. The SMILES string of the molecule is COCCCNc1nc(C2CCCCC2)c2c(=O)c(C(=O)O)c[nH]c2n1. The predicted molar refractivity (Wildman–Crippen MR) is 97.9 cm³/mol. The summed E-state index contributed by atoms with van der Waals surface area (Å²) in [5, 5.41) is 12.7. The Morgan fingerprint density at radius 2 is 2.12 bits per heavy atom. The molecular weight excluding hydrogens is 336 g/mol. The van der Waals surface area contributed by atoms with Crippen LogP contribution in [0.25, 0.3) is 11.0 Å². The molecule has 0 aromatic carbocycles.